The van der Waals surface area contributed by atoms with E-state index in [-0.39, 0.29) is 57.0 Å². The molecule has 0 unspecified atom stereocenters. The smallest absolute Gasteiger partial charge is 1.00 e. The van der Waals surface area contributed by atoms with Crippen LogP contribution in [0.25, 0.3) is 34.4 Å². The fourth-order valence-corrected chi connectivity index (χ4v) is 3.90. The summed E-state index contributed by atoms with van der Waals surface area (Å²) >= 11 is 0. The van der Waals surface area contributed by atoms with Crippen molar-refractivity contribution in [1.82, 2.24) is 38.6 Å². The first kappa shape index (κ1) is 37.9. The molecule has 0 atom stereocenters. The summed E-state index contributed by atoms with van der Waals surface area (Å²) in [5.74, 6) is 1.72. The summed E-state index contributed by atoms with van der Waals surface area (Å²) in [5.41, 5.74) is 3.93. The Morgan fingerprint density at radius 1 is 0.455 bits per heavy atom. The molecule has 5 aromatic heterocycles. The van der Waals surface area contributed by atoms with Crippen LogP contribution in [0.3, 0.4) is 0 Å². The van der Waals surface area contributed by atoms with Gasteiger partial charge in [-0.1, -0.05) is 48.5 Å². The fraction of sp³-hybridized carbons (Fsp3) is 0.0312. The summed E-state index contributed by atoms with van der Waals surface area (Å²) in [7, 11) is 1.94. The number of halogens is 3. The van der Waals surface area contributed by atoms with E-state index in [1.54, 1.807) is 37.3 Å². The fourth-order valence-electron chi connectivity index (χ4n) is 3.90. The summed E-state index contributed by atoms with van der Waals surface area (Å²) in [6, 6.07) is 31.9. The molecular formula is C32H28Cl3N8Os+. The molecule has 0 fully saturated rings. The van der Waals surface area contributed by atoms with Crippen LogP contribution in [0, 0.1) is 0 Å². The zero-order valence-corrected chi connectivity index (χ0v) is 28.3. The van der Waals surface area contributed by atoms with Gasteiger partial charge in [-0.05, 0) is 48.5 Å². The van der Waals surface area contributed by atoms with Crippen LogP contribution < -0.4 is 37.2 Å². The molecule has 5 heterocycles. The average Bonchev–Trinajstić information content (AvgIpc) is 3.82. The number of aromatic nitrogens is 8. The molecule has 0 aliphatic rings. The van der Waals surface area contributed by atoms with Crippen LogP contribution in [-0.2, 0) is 26.8 Å². The van der Waals surface area contributed by atoms with Gasteiger partial charge in [0.15, 0.2) is 11.6 Å². The average molecular weight is 821 g/mol. The quantitative estimate of drug-likeness (QED) is 0.194. The summed E-state index contributed by atoms with van der Waals surface area (Å²) in [6.45, 7) is 0. The summed E-state index contributed by atoms with van der Waals surface area (Å²) in [6.07, 6.45) is 16.4. The van der Waals surface area contributed by atoms with Gasteiger partial charge < -0.3 is 41.8 Å². The second-order valence-electron chi connectivity index (χ2n) is 8.57. The van der Waals surface area contributed by atoms with Crippen molar-refractivity contribution >= 4 is 0 Å². The standard InChI is InChI=1S/2C14H11N3.C4H6N2.3ClH.Os/c2*1-2-6-12(7-3-1)17-11-10-16-14(17)13-8-4-5-9-15-13;1-6-3-2-5-4-6;;;;/h2*1-11H;2-4H,1H3;3*1H;/q;;;;;;+4/p-3. The molecule has 12 heteroatoms. The Morgan fingerprint density at radius 2 is 0.886 bits per heavy atom. The number of rotatable bonds is 4. The second-order valence-corrected chi connectivity index (χ2v) is 8.57. The number of nitrogens with zero attached hydrogens (tertiary/aromatic N) is 8. The molecule has 0 saturated heterocycles. The Hall–Kier alpha value is -4.12. The van der Waals surface area contributed by atoms with Crippen molar-refractivity contribution in [1.29, 1.82) is 0 Å². The van der Waals surface area contributed by atoms with E-state index in [4.69, 9.17) is 0 Å². The van der Waals surface area contributed by atoms with Crippen molar-refractivity contribution in [3.8, 4) is 34.4 Å². The number of aryl methyl sites for hydroxylation is 1. The third-order valence-corrected chi connectivity index (χ3v) is 5.77. The molecule has 224 valence electrons. The van der Waals surface area contributed by atoms with Crippen molar-refractivity contribution in [3.05, 3.63) is 153 Å². The molecule has 0 saturated carbocycles. The van der Waals surface area contributed by atoms with Gasteiger partial charge in [-0.2, -0.15) is 0 Å². The Morgan fingerprint density at radius 3 is 1.20 bits per heavy atom. The van der Waals surface area contributed by atoms with E-state index in [0.717, 1.165) is 34.4 Å². The van der Waals surface area contributed by atoms with Gasteiger partial charge in [0.2, 0.25) is 0 Å². The normalized spacial score (nSPS) is 9.20. The van der Waals surface area contributed by atoms with E-state index in [1.165, 1.54) is 0 Å². The predicted molar refractivity (Wildman–Crippen MR) is 157 cm³/mol. The number of benzene rings is 2. The molecule has 0 bridgehead atoms. The molecule has 44 heavy (non-hydrogen) atoms. The van der Waals surface area contributed by atoms with Crippen LogP contribution in [0.4, 0.5) is 0 Å². The van der Waals surface area contributed by atoms with Crippen molar-refractivity contribution in [2.75, 3.05) is 0 Å². The topological polar surface area (TPSA) is 79.2 Å². The van der Waals surface area contributed by atoms with Gasteiger partial charge in [0.1, 0.15) is 11.4 Å². The zero-order valence-electron chi connectivity index (χ0n) is 23.5. The summed E-state index contributed by atoms with van der Waals surface area (Å²) < 4.78 is 5.95. The van der Waals surface area contributed by atoms with Gasteiger partial charge in [-0.15, -0.1) is 0 Å². The second kappa shape index (κ2) is 19.9. The molecule has 8 nitrogen and oxygen atoms in total. The van der Waals surface area contributed by atoms with Crippen LogP contribution >= 0.6 is 0 Å². The van der Waals surface area contributed by atoms with Crippen LogP contribution in [-0.4, -0.2) is 38.6 Å². The van der Waals surface area contributed by atoms with E-state index in [1.807, 2.05) is 136 Å². The van der Waals surface area contributed by atoms with Crippen molar-refractivity contribution in [2.24, 2.45) is 7.05 Å². The van der Waals surface area contributed by atoms with Crippen LogP contribution in [0.1, 0.15) is 0 Å². The Kier molecular flexibility index (Phi) is 17.2. The van der Waals surface area contributed by atoms with Gasteiger partial charge in [0.05, 0.1) is 6.33 Å². The minimum Gasteiger partial charge on any atom is -1.00 e. The van der Waals surface area contributed by atoms with E-state index < -0.39 is 0 Å². The van der Waals surface area contributed by atoms with Gasteiger partial charge >= 0.3 is 19.8 Å². The molecule has 2 aromatic carbocycles. The van der Waals surface area contributed by atoms with Crippen molar-refractivity contribution in [3.63, 3.8) is 0 Å². The Bertz CT molecular complexity index is 1480. The maximum absolute atomic E-state index is 4.36. The molecule has 0 aliphatic carbocycles. The molecule has 0 aliphatic heterocycles. The van der Waals surface area contributed by atoms with E-state index in [2.05, 4.69) is 24.9 Å². The first-order valence-electron chi connectivity index (χ1n) is 12.7. The zero-order chi connectivity index (χ0) is 27.4. The van der Waals surface area contributed by atoms with Crippen LogP contribution in [0.2, 0.25) is 0 Å². The monoisotopic (exact) mass is 821 g/mol. The Balaban J connectivity index is 0.000000344. The maximum Gasteiger partial charge on any atom is 4.00 e. The largest absolute Gasteiger partial charge is 4.00 e. The number of hydrogen-bond acceptors (Lipinski definition) is 5. The molecule has 0 radical (unpaired) electrons. The van der Waals surface area contributed by atoms with Crippen molar-refractivity contribution < 1.29 is 57.0 Å². The van der Waals surface area contributed by atoms with Gasteiger partial charge in [-0.25, -0.2) is 15.0 Å². The number of imidazole rings is 3. The first-order chi connectivity index (χ1) is 19.8. The number of hydrogen-bond donors (Lipinski definition) is 0. The SMILES string of the molecule is Cn1ccnc1.[Cl-].[Cl-].[Cl-].[Os+4].c1ccc(-n2ccnc2-c2ccccn2)cc1.c1ccc(-n2ccnc2-c2ccccn2)cc1. The minimum absolute atomic E-state index is 0. The van der Waals surface area contributed by atoms with Crippen molar-refractivity contribution in [2.45, 2.75) is 0 Å². The Labute approximate surface area is 288 Å². The summed E-state index contributed by atoms with van der Waals surface area (Å²) in [4.78, 5) is 21.2. The van der Waals surface area contributed by atoms with Crippen LogP contribution in [0.5, 0.6) is 0 Å². The molecular weight excluding hydrogens is 793 g/mol. The van der Waals surface area contributed by atoms with E-state index in [9.17, 15) is 0 Å². The maximum atomic E-state index is 4.36. The molecule has 0 spiro atoms. The molecule has 0 N–H and O–H groups in total. The third-order valence-electron chi connectivity index (χ3n) is 5.77. The first-order valence-corrected chi connectivity index (χ1v) is 12.7. The molecule has 7 aromatic rings. The van der Waals surface area contributed by atoms with Gasteiger partial charge in [-0.3, -0.25) is 19.1 Å². The number of para-hydroxylation sites is 2. The minimum atomic E-state index is 0. The van der Waals surface area contributed by atoms with E-state index in [0.29, 0.717) is 0 Å². The molecule has 0 amide bonds. The predicted octanol–water partition coefficient (Wildman–Crippen LogP) is -2.70. The third kappa shape index (κ3) is 10.3. The summed E-state index contributed by atoms with van der Waals surface area (Å²) in [5, 5.41) is 0. The van der Waals surface area contributed by atoms with Crippen LogP contribution in [0.15, 0.2) is 153 Å². The molecule has 7 rings (SSSR count). The van der Waals surface area contributed by atoms with Gasteiger partial charge in [0.25, 0.3) is 0 Å². The number of pyridine rings is 2. The van der Waals surface area contributed by atoms with E-state index >= 15 is 0 Å². The van der Waals surface area contributed by atoms with Gasteiger partial charge in [0, 0.05) is 68.0 Å².